The first-order valence-electron chi connectivity index (χ1n) is 11.5. The van der Waals surface area contributed by atoms with Crippen LogP contribution >= 0.6 is 0 Å². The van der Waals surface area contributed by atoms with Gasteiger partial charge in [0.2, 0.25) is 0 Å². The van der Waals surface area contributed by atoms with Crippen LogP contribution in [0.1, 0.15) is 36.1 Å². The van der Waals surface area contributed by atoms with Crippen LogP contribution in [0.15, 0.2) is 125 Å². The van der Waals surface area contributed by atoms with Crippen LogP contribution in [-0.4, -0.2) is 0 Å². The summed E-state index contributed by atoms with van der Waals surface area (Å²) in [5.41, 5.74) is 9.29. The first-order chi connectivity index (χ1) is 16.1. The molecule has 0 saturated heterocycles. The van der Waals surface area contributed by atoms with Gasteiger partial charge in [-0.15, -0.1) is 0 Å². The minimum absolute atomic E-state index is 0. The molecular weight excluding hydrogens is 546 g/mol. The molecule has 3 heteroatoms. The average molecular weight is 574 g/mol. The summed E-state index contributed by atoms with van der Waals surface area (Å²) in [5, 5.41) is 0. The van der Waals surface area contributed by atoms with Gasteiger partial charge in [-0.05, 0) is 0 Å². The first-order valence-corrected chi connectivity index (χ1v) is 12.8. The Balaban J connectivity index is 0.00000171. The topological polar surface area (TPSA) is 0 Å². The normalized spacial score (nSPS) is 19.6. The van der Waals surface area contributed by atoms with E-state index in [1.165, 1.54) is 67.0 Å². The summed E-state index contributed by atoms with van der Waals surface area (Å²) in [5.74, 6) is 0.371. The van der Waals surface area contributed by atoms with Crippen molar-refractivity contribution < 1.29 is 49.5 Å². The summed E-state index contributed by atoms with van der Waals surface area (Å²) in [6.07, 6.45) is 0. The van der Waals surface area contributed by atoms with E-state index in [0.717, 1.165) is 0 Å². The summed E-state index contributed by atoms with van der Waals surface area (Å²) in [7, 11) is 0. The molecule has 0 amide bonds. The van der Waals surface area contributed by atoms with Gasteiger partial charge in [0, 0.05) is 0 Å². The van der Waals surface area contributed by atoms with Gasteiger partial charge in [0.1, 0.15) is 0 Å². The summed E-state index contributed by atoms with van der Waals surface area (Å²) in [4.78, 5) is 0. The quantitative estimate of drug-likeness (QED) is 0.351. The van der Waals surface area contributed by atoms with Gasteiger partial charge in [0.25, 0.3) is 0 Å². The van der Waals surface area contributed by atoms with Crippen molar-refractivity contribution in [3.05, 3.63) is 147 Å². The largest absolute Gasteiger partial charge is 1.00 e. The van der Waals surface area contributed by atoms with Crippen LogP contribution in [0.4, 0.5) is 0 Å². The molecule has 5 rings (SSSR count). The molecule has 2 unspecified atom stereocenters. The van der Waals surface area contributed by atoms with Gasteiger partial charge in [-0.3, -0.25) is 0 Å². The first kappa shape index (κ1) is 27.4. The van der Waals surface area contributed by atoms with E-state index >= 15 is 0 Å². The van der Waals surface area contributed by atoms with Crippen molar-refractivity contribution in [3.63, 3.8) is 0 Å². The second-order valence-corrected chi connectivity index (χ2v) is 10.3. The second-order valence-electron chi connectivity index (χ2n) is 8.93. The molecule has 0 heterocycles. The smallest absolute Gasteiger partial charge is 1.00 e. The number of hydrogen-bond donors (Lipinski definition) is 0. The number of benzene rings is 4. The maximum atomic E-state index is 2.45. The van der Waals surface area contributed by atoms with E-state index in [-0.39, 0.29) is 30.2 Å². The monoisotopic (exact) mass is 571 g/mol. The van der Waals surface area contributed by atoms with Gasteiger partial charge in [-0.1, -0.05) is 0 Å². The van der Waals surface area contributed by atoms with Crippen molar-refractivity contribution in [1.29, 1.82) is 0 Å². The van der Waals surface area contributed by atoms with Gasteiger partial charge in [-0.25, -0.2) is 0 Å². The molecule has 0 spiro atoms. The molecule has 2 atom stereocenters. The third-order valence-corrected chi connectivity index (χ3v) is 8.83. The molecule has 173 valence electrons. The maximum absolute atomic E-state index is 2.45. The van der Waals surface area contributed by atoms with Crippen LogP contribution in [0.25, 0.3) is 16.7 Å². The molecule has 1 aliphatic rings. The Morgan fingerprint density at radius 3 is 1.37 bits per heavy atom. The van der Waals surface area contributed by atoms with E-state index in [1.54, 1.807) is 0 Å². The zero-order valence-corrected chi connectivity index (χ0v) is 23.9. The molecule has 4 aromatic rings. The van der Waals surface area contributed by atoms with E-state index in [1.807, 2.05) is 0 Å². The van der Waals surface area contributed by atoms with Crippen LogP contribution in [0, 0.1) is 5.92 Å². The van der Waals surface area contributed by atoms with Crippen LogP contribution in [0.3, 0.4) is 0 Å². The summed E-state index contributed by atoms with van der Waals surface area (Å²) < 4.78 is 1.53. The molecular formula is C32H27Cl2Zr. The van der Waals surface area contributed by atoms with E-state index in [2.05, 4.69) is 135 Å². The van der Waals surface area contributed by atoms with Gasteiger partial charge in [-0.2, -0.15) is 0 Å². The predicted octanol–water partition coefficient (Wildman–Crippen LogP) is 2.17. The Morgan fingerprint density at radius 2 is 0.914 bits per heavy atom. The van der Waals surface area contributed by atoms with E-state index < -0.39 is 0 Å². The van der Waals surface area contributed by atoms with Crippen molar-refractivity contribution in [2.75, 3.05) is 0 Å². The fourth-order valence-corrected chi connectivity index (χ4v) is 6.64. The maximum Gasteiger partial charge on any atom is -1.00 e. The molecule has 0 radical (unpaired) electrons. The van der Waals surface area contributed by atoms with Crippen LogP contribution in [-0.2, 0) is 30.1 Å². The van der Waals surface area contributed by atoms with Crippen molar-refractivity contribution in [1.82, 2.24) is 0 Å². The molecule has 0 bridgehead atoms. The van der Waals surface area contributed by atoms with Crippen molar-refractivity contribution in [2.24, 2.45) is 5.92 Å². The summed E-state index contributed by atoms with van der Waals surface area (Å²) in [6, 6.07) is 44.0. The number of allylic oxidation sites excluding steroid dienone is 4. The fourth-order valence-electron chi connectivity index (χ4n) is 5.27. The zero-order valence-electron chi connectivity index (χ0n) is 19.9. The van der Waals surface area contributed by atoms with Crippen LogP contribution < -0.4 is 24.8 Å². The van der Waals surface area contributed by atoms with E-state index in [9.17, 15) is 0 Å². The number of rotatable bonds is 4. The standard InChI is InChI=1S/C32H27.2ClH.Zr/c1-24-23-29(25-15-7-3-8-16-25)30(26-17-9-4-10-18-26)31(27-19-11-5-12-20-27)32(24,2)28-21-13-6-14-22-28;;;/h3-22,24H,1-2H3;2*1H;/q;;;+2/p-2. The Labute approximate surface area is 236 Å². The molecule has 0 N–H and O–H groups in total. The van der Waals surface area contributed by atoms with Crippen molar-refractivity contribution >= 4 is 16.7 Å². The number of hydrogen-bond acceptors (Lipinski definition) is 0. The fraction of sp³-hybridized carbons (Fsp3) is 0.125. The summed E-state index contributed by atoms with van der Waals surface area (Å²) in [6.45, 7) is 4.87. The Bertz CT molecular complexity index is 1310. The summed E-state index contributed by atoms with van der Waals surface area (Å²) >= 11 is 1.48. The molecule has 0 aromatic heterocycles. The van der Waals surface area contributed by atoms with Crippen LogP contribution in [0.2, 0.25) is 0 Å². The Hall–Kier alpha value is -2.18. The zero-order chi connectivity index (χ0) is 22.8. The van der Waals surface area contributed by atoms with Gasteiger partial charge in [0.05, 0.1) is 0 Å². The predicted molar refractivity (Wildman–Crippen MR) is 136 cm³/mol. The molecule has 4 aromatic carbocycles. The third kappa shape index (κ3) is 4.92. The molecule has 0 saturated carbocycles. The van der Waals surface area contributed by atoms with Gasteiger partial charge >= 0.3 is 213 Å². The van der Waals surface area contributed by atoms with Crippen molar-refractivity contribution in [2.45, 2.75) is 19.3 Å². The number of halogens is 2. The third-order valence-electron chi connectivity index (χ3n) is 7.15. The molecule has 1 aliphatic carbocycles. The van der Waals surface area contributed by atoms with Gasteiger partial charge in [0.15, 0.2) is 0 Å². The van der Waals surface area contributed by atoms with E-state index in [4.69, 9.17) is 0 Å². The molecule has 0 aliphatic heterocycles. The van der Waals surface area contributed by atoms with Crippen molar-refractivity contribution in [3.8, 4) is 0 Å². The average Bonchev–Trinajstić information content (AvgIpc) is 2.89. The van der Waals surface area contributed by atoms with E-state index in [0.29, 0.717) is 5.92 Å². The SMILES string of the molecule is CC1[C]([Zr+2])=C(c2ccccc2)C(c2ccccc2)=C(c2ccccc2)C1(C)c1ccccc1.[Cl-].[Cl-]. The molecule has 0 fully saturated rings. The Morgan fingerprint density at radius 1 is 0.543 bits per heavy atom. The minimum atomic E-state index is -0.148. The second kappa shape index (κ2) is 11.7. The van der Waals surface area contributed by atoms with Crippen LogP contribution in [0.5, 0.6) is 0 Å². The molecule has 35 heavy (non-hydrogen) atoms. The minimum Gasteiger partial charge on any atom is -1.00 e. The molecule has 0 nitrogen and oxygen atoms in total. The van der Waals surface area contributed by atoms with Gasteiger partial charge < -0.3 is 24.8 Å². The Kier molecular flexibility index (Phi) is 9.17.